The Morgan fingerprint density at radius 2 is 1.47 bits per heavy atom. The van der Waals surface area contributed by atoms with E-state index in [1.165, 1.54) is 0 Å². The molecule has 3 nitrogen and oxygen atoms in total. The molecule has 0 saturated carbocycles. The molecule has 0 aliphatic carbocycles. The quantitative estimate of drug-likeness (QED) is 0.301. The highest BCUT2D eigenvalue weighted by molar-refractivity contribution is 9.33. The molecule has 118 valence electrons. The van der Waals surface area contributed by atoms with E-state index < -0.39 is 16.9 Å². The van der Waals surface area contributed by atoms with Crippen LogP contribution in [0.2, 0.25) is 6.04 Å². The van der Waals surface area contributed by atoms with E-state index >= 15 is 0 Å². The zero-order chi connectivity index (χ0) is 14.8. The highest BCUT2D eigenvalue weighted by atomic mass is 33.7. The minimum Gasteiger partial charge on any atom is -0.374 e. The molecule has 0 aliphatic rings. The molecule has 8 heteroatoms. The second-order valence-corrected chi connectivity index (χ2v) is 15.9. The van der Waals surface area contributed by atoms with Crippen molar-refractivity contribution in [1.29, 1.82) is 0 Å². The molecule has 0 aromatic carbocycles. The van der Waals surface area contributed by atoms with Crippen molar-refractivity contribution in [2.24, 2.45) is 0 Å². The summed E-state index contributed by atoms with van der Waals surface area (Å²) in [6.07, 6.45) is 1.02. The van der Waals surface area contributed by atoms with Crippen molar-refractivity contribution in [3.05, 3.63) is 0 Å². The molecule has 0 rings (SSSR count). The van der Waals surface area contributed by atoms with Gasteiger partial charge in [-0.05, 0) is 48.5 Å². The fourth-order valence-electron chi connectivity index (χ4n) is 1.75. The van der Waals surface area contributed by atoms with Crippen LogP contribution in [-0.4, -0.2) is 40.1 Å². The largest absolute Gasteiger partial charge is 0.500 e. The first kappa shape index (κ1) is 20.5. The predicted molar refractivity (Wildman–Crippen MR) is 98.6 cm³/mol. The zero-order valence-corrected chi connectivity index (χ0v) is 16.8. The summed E-state index contributed by atoms with van der Waals surface area (Å²) in [4.78, 5) is 0. The summed E-state index contributed by atoms with van der Waals surface area (Å²) in [5.74, 6) is 2.12. The van der Waals surface area contributed by atoms with Crippen molar-refractivity contribution >= 4 is 50.0 Å². The number of hydrogen-bond acceptors (Lipinski definition) is 6. The van der Waals surface area contributed by atoms with Gasteiger partial charge >= 0.3 is 8.80 Å². The van der Waals surface area contributed by atoms with Crippen molar-refractivity contribution in [2.75, 3.05) is 31.3 Å². The van der Waals surface area contributed by atoms with Crippen LogP contribution < -0.4 is 0 Å². The molecule has 0 heterocycles. The molecule has 0 amide bonds. The van der Waals surface area contributed by atoms with Gasteiger partial charge in [-0.1, -0.05) is 6.92 Å². The van der Waals surface area contributed by atoms with Crippen molar-refractivity contribution in [3.8, 4) is 0 Å². The minimum atomic E-state index is -2.48. The third-order valence-corrected chi connectivity index (χ3v) is 15.5. The second kappa shape index (κ2) is 11.1. The van der Waals surface area contributed by atoms with Gasteiger partial charge in [0.1, 0.15) is 0 Å². The van der Waals surface area contributed by atoms with Crippen LogP contribution in [0.15, 0.2) is 0 Å². The van der Waals surface area contributed by atoms with Crippen LogP contribution in [-0.2, 0) is 13.3 Å². The molecule has 0 radical (unpaired) electrons. The second-order valence-electron chi connectivity index (χ2n) is 3.93. The predicted octanol–water partition coefficient (Wildman–Crippen LogP) is 4.59. The first-order chi connectivity index (χ1) is 9.01. The van der Waals surface area contributed by atoms with E-state index in [9.17, 15) is 0 Å². The van der Waals surface area contributed by atoms with Gasteiger partial charge in [-0.15, -0.1) is 31.4 Å². The maximum Gasteiger partial charge on any atom is 0.500 e. The lowest BCUT2D eigenvalue weighted by atomic mass is 10.6. The average molecular weight is 365 g/mol. The van der Waals surface area contributed by atoms with Crippen LogP contribution in [0.25, 0.3) is 0 Å². The zero-order valence-electron chi connectivity index (χ0n) is 12.4. The van der Waals surface area contributed by atoms with Crippen LogP contribution in [0.5, 0.6) is 0 Å². The van der Waals surface area contributed by atoms with E-state index in [1.54, 1.807) is 9.83 Å². The molecule has 0 N–H and O–H groups in total. The van der Waals surface area contributed by atoms with Gasteiger partial charge in [0, 0.05) is 25.9 Å². The van der Waals surface area contributed by atoms with E-state index in [1.807, 2.05) is 20.8 Å². The van der Waals surface area contributed by atoms with Crippen molar-refractivity contribution < 1.29 is 13.3 Å². The molecule has 0 saturated heterocycles. The fraction of sp³-hybridized carbons (Fsp3) is 1.00. The SMILES string of the molecule is CCO[Si](CCCS(S)(CC)SS)(OCC)OCC. The van der Waals surface area contributed by atoms with Crippen LogP contribution in [0.4, 0.5) is 0 Å². The van der Waals surface area contributed by atoms with Crippen LogP contribution in [0.1, 0.15) is 34.1 Å². The molecule has 0 fully saturated rings. The Bertz CT molecular complexity index is 213. The first-order valence-electron chi connectivity index (χ1n) is 6.77. The van der Waals surface area contributed by atoms with Gasteiger partial charge < -0.3 is 13.3 Å². The third-order valence-electron chi connectivity index (χ3n) is 2.63. The molecule has 1 atom stereocenters. The molecule has 0 aliphatic heterocycles. The van der Waals surface area contributed by atoms with Crippen molar-refractivity contribution in [3.63, 3.8) is 0 Å². The Labute approximate surface area is 134 Å². The van der Waals surface area contributed by atoms with Gasteiger partial charge in [-0.3, -0.25) is 0 Å². The van der Waals surface area contributed by atoms with E-state index in [0.29, 0.717) is 19.8 Å². The molecule has 0 aromatic heterocycles. The summed E-state index contributed by atoms with van der Waals surface area (Å²) in [5.41, 5.74) is 0. The summed E-state index contributed by atoms with van der Waals surface area (Å²) in [7, 11) is -1.83. The first-order valence-corrected chi connectivity index (χ1v) is 14.1. The summed E-state index contributed by atoms with van der Waals surface area (Å²) in [6, 6.07) is 0.867. The van der Waals surface area contributed by atoms with Gasteiger partial charge in [0.15, 0.2) is 0 Å². The highest BCUT2D eigenvalue weighted by Gasteiger charge is 2.40. The highest BCUT2D eigenvalue weighted by Crippen LogP contribution is 2.65. The maximum atomic E-state index is 5.85. The Morgan fingerprint density at radius 3 is 1.79 bits per heavy atom. The van der Waals surface area contributed by atoms with Crippen LogP contribution in [0, 0.1) is 0 Å². The maximum absolute atomic E-state index is 5.85. The molecule has 1 unspecified atom stereocenters. The van der Waals surface area contributed by atoms with Gasteiger partial charge in [0.25, 0.3) is 0 Å². The lowest BCUT2D eigenvalue weighted by Gasteiger charge is -2.32. The smallest absolute Gasteiger partial charge is 0.374 e. The summed E-state index contributed by atoms with van der Waals surface area (Å²) < 4.78 is 17.5. The lowest BCUT2D eigenvalue weighted by Crippen LogP contribution is -2.46. The minimum absolute atomic E-state index is 0.639. The Balaban J connectivity index is 4.46. The molecule has 0 spiro atoms. The number of hydrogen-bond donors (Lipinski definition) is 2. The molecular weight excluding hydrogens is 336 g/mol. The fourth-order valence-corrected chi connectivity index (χ4v) is 8.58. The van der Waals surface area contributed by atoms with Crippen LogP contribution >= 0.6 is 41.2 Å². The molecule has 0 aromatic rings. The summed E-state index contributed by atoms with van der Waals surface area (Å²) in [6.45, 7) is 10.1. The Kier molecular flexibility index (Phi) is 12.0. The number of thiol groups is 2. The molecular formula is C11H28O3S4Si. The van der Waals surface area contributed by atoms with E-state index in [0.717, 1.165) is 24.0 Å². The lowest BCUT2D eigenvalue weighted by molar-refractivity contribution is 0.0712. The van der Waals surface area contributed by atoms with E-state index in [2.05, 4.69) is 18.6 Å². The molecule has 0 bridgehead atoms. The monoisotopic (exact) mass is 364 g/mol. The van der Waals surface area contributed by atoms with Crippen molar-refractivity contribution in [1.82, 2.24) is 0 Å². The Morgan fingerprint density at radius 1 is 1.00 bits per heavy atom. The summed E-state index contributed by atoms with van der Waals surface area (Å²) in [5, 5.41) is 0. The Hall–Kier alpha value is 1.50. The van der Waals surface area contributed by atoms with Gasteiger partial charge in [-0.25, -0.2) is 0 Å². The van der Waals surface area contributed by atoms with Crippen LogP contribution in [0.3, 0.4) is 0 Å². The standard InChI is InChI=1S/C11H28O3S4Si/c1-5-12-19(13-6-2,14-7-3)11-9-10-18(16,8-4)17-15/h15-16H,5-11H2,1-4H3. The molecule has 19 heavy (non-hydrogen) atoms. The topological polar surface area (TPSA) is 27.7 Å². The number of rotatable bonds is 12. The normalized spacial score (nSPS) is 17.2. The van der Waals surface area contributed by atoms with Gasteiger partial charge in [-0.2, -0.15) is 0 Å². The summed E-state index contributed by atoms with van der Waals surface area (Å²) >= 11 is 9.11. The van der Waals surface area contributed by atoms with Crippen molar-refractivity contribution in [2.45, 2.75) is 40.2 Å². The average Bonchev–Trinajstić information content (AvgIpc) is 2.39. The third kappa shape index (κ3) is 7.89. The van der Waals surface area contributed by atoms with Gasteiger partial charge in [0.2, 0.25) is 0 Å². The van der Waals surface area contributed by atoms with E-state index in [4.69, 9.17) is 24.9 Å². The van der Waals surface area contributed by atoms with Gasteiger partial charge in [0.05, 0.1) is 0 Å². The van der Waals surface area contributed by atoms with E-state index in [-0.39, 0.29) is 0 Å².